The quantitative estimate of drug-likeness (QED) is 0.442. The van der Waals surface area contributed by atoms with Gasteiger partial charge in [0.05, 0.1) is 0 Å². The molecule has 0 bridgehead atoms. The summed E-state index contributed by atoms with van der Waals surface area (Å²) in [6, 6.07) is 35.7. The summed E-state index contributed by atoms with van der Waals surface area (Å²) >= 11 is 0. The number of anilines is 1. The maximum Gasteiger partial charge on any atom is 0.0320 e. The molecule has 120 valence electrons. The number of rotatable bonds is 3. The van der Waals surface area contributed by atoms with Gasteiger partial charge in [-0.1, -0.05) is 91.0 Å². The van der Waals surface area contributed by atoms with Crippen LogP contribution in [0.4, 0.5) is 5.69 Å². The molecule has 0 saturated carbocycles. The van der Waals surface area contributed by atoms with Crippen LogP contribution < -0.4 is 5.73 Å². The molecule has 0 saturated heterocycles. The van der Waals surface area contributed by atoms with Gasteiger partial charge in [-0.15, -0.1) is 0 Å². The first-order chi connectivity index (χ1) is 12.3. The van der Waals surface area contributed by atoms with Crippen molar-refractivity contribution >= 4 is 5.69 Å². The zero-order valence-electron chi connectivity index (χ0n) is 13.9. The topological polar surface area (TPSA) is 26.0 Å². The average molecular weight is 321 g/mol. The molecule has 1 nitrogen and oxygen atoms in total. The third kappa shape index (κ3) is 3.17. The first-order valence-corrected chi connectivity index (χ1v) is 8.42. The van der Waals surface area contributed by atoms with Gasteiger partial charge >= 0.3 is 0 Å². The van der Waals surface area contributed by atoms with E-state index in [1.54, 1.807) is 0 Å². The van der Waals surface area contributed by atoms with Crippen LogP contribution in [0.2, 0.25) is 0 Å². The lowest BCUT2D eigenvalue weighted by atomic mass is 9.93. The molecule has 0 aliphatic heterocycles. The fourth-order valence-electron chi connectivity index (χ4n) is 3.14. The van der Waals surface area contributed by atoms with Crippen LogP contribution in [0.1, 0.15) is 0 Å². The summed E-state index contributed by atoms with van der Waals surface area (Å²) in [6.07, 6.45) is 0. The van der Waals surface area contributed by atoms with Gasteiger partial charge in [-0.05, 0) is 45.5 Å². The minimum atomic E-state index is 0.781. The predicted molar refractivity (Wildman–Crippen MR) is 107 cm³/mol. The van der Waals surface area contributed by atoms with Gasteiger partial charge in [0.1, 0.15) is 0 Å². The lowest BCUT2D eigenvalue weighted by molar-refractivity contribution is 1.57. The number of benzene rings is 4. The minimum Gasteiger partial charge on any atom is -0.399 e. The summed E-state index contributed by atoms with van der Waals surface area (Å²) in [4.78, 5) is 0. The Morgan fingerprint density at radius 2 is 0.880 bits per heavy atom. The monoisotopic (exact) mass is 321 g/mol. The van der Waals surface area contributed by atoms with Crippen LogP contribution in [-0.2, 0) is 0 Å². The Labute approximate surface area is 148 Å². The number of nitrogen functional groups attached to an aromatic ring is 1. The third-order valence-electron chi connectivity index (χ3n) is 4.43. The highest BCUT2D eigenvalue weighted by molar-refractivity contribution is 5.86. The normalized spacial score (nSPS) is 10.6. The molecule has 4 aromatic rings. The van der Waals surface area contributed by atoms with Crippen LogP contribution in [0.3, 0.4) is 0 Å². The fourth-order valence-corrected chi connectivity index (χ4v) is 3.14. The van der Waals surface area contributed by atoms with E-state index in [1.807, 2.05) is 18.2 Å². The largest absolute Gasteiger partial charge is 0.399 e. The van der Waals surface area contributed by atoms with Crippen LogP contribution in [-0.4, -0.2) is 0 Å². The van der Waals surface area contributed by atoms with Crippen LogP contribution in [0.25, 0.3) is 33.4 Å². The second-order valence-electron chi connectivity index (χ2n) is 6.11. The third-order valence-corrected chi connectivity index (χ3v) is 4.43. The second kappa shape index (κ2) is 6.66. The van der Waals surface area contributed by atoms with Gasteiger partial charge in [-0.3, -0.25) is 0 Å². The molecule has 0 aliphatic carbocycles. The van der Waals surface area contributed by atoms with Gasteiger partial charge in [0.15, 0.2) is 0 Å². The molecule has 0 amide bonds. The molecule has 2 N–H and O–H groups in total. The minimum absolute atomic E-state index is 0.781. The molecule has 0 radical (unpaired) electrons. The Balaban J connectivity index is 1.78. The van der Waals surface area contributed by atoms with Crippen molar-refractivity contribution in [2.24, 2.45) is 0 Å². The van der Waals surface area contributed by atoms with Crippen molar-refractivity contribution in [3.63, 3.8) is 0 Å². The van der Waals surface area contributed by atoms with E-state index in [0.717, 1.165) is 11.3 Å². The summed E-state index contributed by atoms with van der Waals surface area (Å²) in [6.45, 7) is 0. The molecule has 0 fully saturated rings. The van der Waals surface area contributed by atoms with E-state index in [0.29, 0.717) is 0 Å². The molecule has 0 spiro atoms. The lowest BCUT2D eigenvalue weighted by Crippen LogP contribution is -1.90. The summed E-state index contributed by atoms with van der Waals surface area (Å²) in [5.41, 5.74) is 14.0. The standard InChI is InChI=1S/C24H19N/c25-22-15-16-23(24(17-22)20-9-5-2-6-10-20)21-13-11-19(12-14-21)18-7-3-1-4-8-18/h1-17H,25H2. The molecule has 0 heterocycles. The smallest absolute Gasteiger partial charge is 0.0320 e. The van der Waals surface area contributed by atoms with Crippen molar-refractivity contribution in [1.29, 1.82) is 0 Å². The molecule has 4 aromatic carbocycles. The van der Waals surface area contributed by atoms with Crippen LogP contribution >= 0.6 is 0 Å². The highest BCUT2D eigenvalue weighted by Gasteiger charge is 2.08. The molecule has 1 heteroatoms. The first-order valence-electron chi connectivity index (χ1n) is 8.42. The van der Waals surface area contributed by atoms with Crippen molar-refractivity contribution in [3.05, 3.63) is 103 Å². The summed E-state index contributed by atoms with van der Waals surface area (Å²) < 4.78 is 0. The van der Waals surface area contributed by atoms with Crippen LogP contribution in [0, 0.1) is 0 Å². The average Bonchev–Trinajstić information content (AvgIpc) is 2.69. The summed E-state index contributed by atoms with van der Waals surface area (Å²) in [7, 11) is 0. The summed E-state index contributed by atoms with van der Waals surface area (Å²) in [5.74, 6) is 0. The van der Waals surface area contributed by atoms with Gasteiger partial charge in [-0.2, -0.15) is 0 Å². The molecule has 0 aromatic heterocycles. The zero-order chi connectivity index (χ0) is 17.1. The zero-order valence-corrected chi connectivity index (χ0v) is 13.9. The molecular weight excluding hydrogens is 302 g/mol. The number of nitrogens with two attached hydrogens (primary N) is 1. The predicted octanol–water partition coefficient (Wildman–Crippen LogP) is 6.27. The lowest BCUT2D eigenvalue weighted by Gasteiger charge is -2.12. The molecule has 0 aliphatic rings. The van der Waals surface area contributed by atoms with Gasteiger partial charge in [0, 0.05) is 5.69 Å². The van der Waals surface area contributed by atoms with Gasteiger partial charge in [-0.25, -0.2) is 0 Å². The molecule has 0 unspecified atom stereocenters. The van der Waals surface area contributed by atoms with E-state index in [9.17, 15) is 0 Å². The van der Waals surface area contributed by atoms with Crippen molar-refractivity contribution < 1.29 is 0 Å². The maximum absolute atomic E-state index is 6.04. The van der Waals surface area contributed by atoms with E-state index < -0.39 is 0 Å². The van der Waals surface area contributed by atoms with Crippen LogP contribution in [0.15, 0.2) is 103 Å². The van der Waals surface area contributed by atoms with Gasteiger partial charge in [0.2, 0.25) is 0 Å². The Bertz CT molecular complexity index is 971. The van der Waals surface area contributed by atoms with E-state index in [1.165, 1.54) is 27.8 Å². The maximum atomic E-state index is 6.04. The Morgan fingerprint density at radius 3 is 1.52 bits per heavy atom. The molecular formula is C24H19N. The SMILES string of the molecule is Nc1ccc(-c2ccc(-c3ccccc3)cc2)c(-c2ccccc2)c1. The first kappa shape index (κ1) is 15.2. The van der Waals surface area contributed by atoms with Gasteiger partial charge < -0.3 is 5.73 Å². The van der Waals surface area contributed by atoms with Gasteiger partial charge in [0.25, 0.3) is 0 Å². The fraction of sp³-hybridized carbons (Fsp3) is 0. The second-order valence-corrected chi connectivity index (χ2v) is 6.11. The van der Waals surface area contributed by atoms with Crippen molar-refractivity contribution in [3.8, 4) is 33.4 Å². The summed E-state index contributed by atoms with van der Waals surface area (Å²) in [5, 5.41) is 0. The van der Waals surface area contributed by atoms with E-state index in [4.69, 9.17) is 5.73 Å². The molecule has 25 heavy (non-hydrogen) atoms. The highest BCUT2D eigenvalue weighted by atomic mass is 14.5. The van der Waals surface area contributed by atoms with Crippen molar-refractivity contribution in [1.82, 2.24) is 0 Å². The van der Waals surface area contributed by atoms with Crippen LogP contribution in [0.5, 0.6) is 0 Å². The Morgan fingerprint density at radius 1 is 0.400 bits per heavy atom. The van der Waals surface area contributed by atoms with E-state index in [2.05, 4.69) is 84.9 Å². The number of hydrogen-bond donors (Lipinski definition) is 1. The van der Waals surface area contributed by atoms with Crippen molar-refractivity contribution in [2.75, 3.05) is 5.73 Å². The van der Waals surface area contributed by atoms with Crippen molar-refractivity contribution in [2.45, 2.75) is 0 Å². The number of hydrogen-bond acceptors (Lipinski definition) is 1. The van der Waals surface area contributed by atoms with E-state index >= 15 is 0 Å². The highest BCUT2D eigenvalue weighted by Crippen LogP contribution is 2.34. The van der Waals surface area contributed by atoms with E-state index in [-0.39, 0.29) is 0 Å². The Hall–Kier alpha value is -3.32. The Kier molecular flexibility index (Phi) is 4.05. The molecule has 4 rings (SSSR count). The molecule has 0 atom stereocenters.